The number of carbonyl (C=O) groups excluding carboxylic acids is 1. The molecule has 3 N–H and O–H groups in total. The topological polar surface area (TPSA) is 86.9 Å². The minimum Gasteiger partial charge on any atom is -0.329 e. The lowest BCUT2D eigenvalue weighted by atomic mass is 10.2. The fourth-order valence-corrected chi connectivity index (χ4v) is 2.91. The molecule has 3 rings (SSSR count). The highest BCUT2D eigenvalue weighted by atomic mass is 32.1. The zero-order chi connectivity index (χ0) is 13.2. The largest absolute Gasteiger partial charge is 0.329 e. The number of nitrogens with zero attached hydrogens (tertiary/aromatic N) is 1. The number of amides is 1. The van der Waals surface area contributed by atoms with Crippen LogP contribution >= 0.6 is 11.3 Å². The predicted molar refractivity (Wildman–Crippen MR) is 72.5 cm³/mol. The lowest BCUT2D eigenvalue weighted by molar-refractivity contribution is 0.102. The maximum atomic E-state index is 12.0. The van der Waals surface area contributed by atoms with Crippen LogP contribution in [0.4, 0.5) is 5.13 Å². The molecule has 0 atom stereocenters. The Hall–Kier alpha value is -1.99. The number of carbonyl (C=O) groups is 1. The van der Waals surface area contributed by atoms with Crippen molar-refractivity contribution < 1.29 is 4.79 Å². The van der Waals surface area contributed by atoms with Gasteiger partial charge in [-0.1, -0.05) is 0 Å². The van der Waals surface area contributed by atoms with Crippen LogP contribution in [0.3, 0.4) is 0 Å². The van der Waals surface area contributed by atoms with E-state index in [1.807, 2.05) is 0 Å². The molecule has 0 bridgehead atoms. The smallest absolute Gasteiger partial charge is 0.257 e. The van der Waals surface area contributed by atoms with E-state index in [9.17, 15) is 9.59 Å². The van der Waals surface area contributed by atoms with Gasteiger partial charge in [-0.15, -0.1) is 11.3 Å². The summed E-state index contributed by atoms with van der Waals surface area (Å²) in [5, 5.41) is 6.57. The van der Waals surface area contributed by atoms with Crippen molar-refractivity contribution in [3.8, 4) is 0 Å². The first-order valence-electron chi connectivity index (χ1n) is 5.92. The summed E-state index contributed by atoms with van der Waals surface area (Å²) in [7, 11) is 0. The molecule has 0 spiro atoms. The van der Waals surface area contributed by atoms with Gasteiger partial charge >= 0.3 is 0 Å². The van der Waals surface area contributed by atoms with Gasteiger partial charge in [-0.05, 0) is 6.07 Å². The normalized spacial score (nSPS) is 13.9. The quantitative estimate of drug-likeness (QED) is 0.754. The van der Waals surface area contributed by atoms with E-state index >= 15 is 0 Å². The average molecular weight is 276 g/mol. The highest BCUT2D eigenvalue weighted by Crippen LogP contribution is 2.25. The molecule has 2 aromatic heterocycles. The van der Waals surface area contributed by atoms with E-state index in [4.69, 9.17) is 0 Å². The van der Waals surface area contributed by atoms with Crippen molar-refractivity contribution in [3.63, 3.8) is 0 Å². The Labute approximate surface area is 112 Å². The lowest BCUT2D eigenvalue weighted by Gasteiger charge is -2.09. The van der Waals surface area contributed by atoms with Crippen LogP contribution in [0.1, 0.15) is 20.9 Å². The van der Waals surface area contributed by atoms with Crippen molar-refractivity contribution >= 4 is 22.4 Å². The molecular weight excluding hydrogens is 264 g/mol. The Morgan fingerprint density at radius 1 is 1.47 bits per heavy atom. The number of pyridine rings is 1. The molecule has 0 aromatic carbocycles. The van der Waals surface area contributed by atoms with E-state index in [0.717, 1.165) is 30.1 Å². The second-order valence-corrected chi connectivity index (χ2v) is 5.30. The van der Waals surface area contributed by atoms with Crippen molar-refractivity contribution in [2.24, 2.45) is 0 Å². The molecule has 2 aromatic rings. The molecule has 0 saturated heterocycles. The van der Waals surface area contributed by atoms with Gasteiger partial charge in [0.05, 0.1) is 5.69 Å². The Balaban J connectivity index is 1.79. The van der Waals surface area contributed by atoms with Crippen LogP contribution in [-0.4, -0.2) is 22.4 Å². The van der Waals surface area contributed by atoms with E-state index in [1.165, 1.54) is 23.6 Å². The predicted octanol–water partition coefficient (Wildman–Crippen LogP) is 0.729. The number of hydrogen-bond donors (Lipinski definition) is 3. The molecule has 1 aliphatic rings. The van der Waals surface area contributed by atoms with E-state index in [0.29, 0.717) is 10.7 Å². The number of aromatic amines is 1. The first kappa shape index (κ1) is 12.1. The number of fused-ring (bicyclic) bond motifs is 1. The Morgan fingerprint density at radius 3 is 3.16 bits per heavy atom. The van der Waals surface area contributed by atoms with Crippen molar-refractivity contribution in [1.82, 2.24) is 15.3 Å². The molecule has 0 fully saturated rings. The minimum absolute atomic E-state index is 0.296. The van der Waals surface area contributed by atoms with E-state index in [1.54, 1.807) is 6.07 Å². The van der Waals surface area contributed by atoms with Gasteiger partial charge in [0, 0.05) is 42.2 Å². The molecule has 0 aliphatic carbocycles. The molecule has 0 saturated carbocycles. The van der Waals surface area contributed by atoms with Gasteiger partial charge in [0.25, 0.3) is 5.91 Å². The SMILES string of the molecule is O=C(Nc1nc2c(s1)CNCC2)c1cc[nH]c(=O)c1. The lowest BCUT2D eigenvalue weighted by Crippen LogP contribution is -2.22. The standard InChI is InChI=1S/C12H12N4O2S/c17-10-5-7(1-4-14-10)11(18)16-12-15-8-2-3-13-6-9(8)19-12/h1,4-5,13H,2-3,6H2,(H,14,17)(H,15,16,18). The third kappa shape index (κ3) is 2.56. The van der Waals surface area contributed by atoms with Crippen LogP contribution in [0.15, 0.2) is 23.1 Å². The molecule has 6 nitrogen and oxygen atoms in total. The van der Waals surface area contributed by atoms with Gasteiger partial charge in [0.2, 0.25) is 5.56 Å². The van der Waals surface area contributed by atoms with Crippen LogP contribution in [0.5, 0.6) is 0 Å². The van der Waals surface area contributed by atoms with E-state index in [-0.39, 0.29) is 11.5 Å². The summed E-state index contributed by atoms with van der Waals surface area (Å²) >= 11 is 1.47. The monoisotopic (exact) mass is 276 g/mol. The number of aromatic nitrogens is 2. The van der Waals surface area contributed by atoms with Gasteiger partial charge in [-0.2, -0.15) is 0 Å². The highest BCUT2D eigenvalue weighted by molar-refractivity contribution is 7.15. The first-order chi connectivity index (χ1) is 9.22. The Morgan fingerprint density at radius 2 is 2.37 bits per heavy atom. The van der Waals surface area contributed by atoms with Gasteiger partial charge in [0.1, 0.15) is 0 Å². The molecular formula is C12H12N4O2S. The van der Waals surface area contributed by atoms with Crippen LogP contribution in [0, 0.1) is 0 Å². The van der Waals surface area contributed by atoms with Crippen molar-refractivity contribution in [2.45, 2.75) is 13.0 Å². The van der Waals surface area contributed by atoms with Gasteiger partial charge < -0.3 is 10.3 Å². The maximum Gasteiger partial charge on any atom is 0.257 e. The van der Waals surface area contributed by atoms with Crippen LogP contribution in [0.2, 0.25) is 0 Å². The number of nitrogens with one attached hydrogen (secondary N) is 3. The zero-order valence-electron chi connectivity index (χ0n) is 10.0. The Bertz CT molecular complexity index is 653. The van der Waals surface area contributed by atoms with Crippen LogP contribution in [0.25, 0.3) is 0 Å². The number of hydrogen-bond acceptors (Lipinski definition) is 5. The summed E-state index contributed by atoms with van der Waals surface area (Å²) in [4.78, 5) is 31.1. The molecule has 98 valence electrons. The summed E-state index contributed by atoms with van der Waals surface area (Å²) in [6.45, 7) is 1.71. The summed E-state index contributed by atoms with van der Waals surface area (Å²) < 4.78 is 0. The van der Waals surface area contributed by atoms with Crippen LogP contribution in [-0.2, 0) is 13.0 Å². The maximum absolute atomic E-state index is 12.0. The highest BCUT2D eigenvalue weighted by Gasteiger charge is 2.16. The molecule has 7 heteroatoms. The molecule has 1 amide bonds. The van der Waals surface area contributed by atoms with E-state index < -0.39 is 0 Å². The van der Waals surface area contributed by atoms with Gasteiger partial charge in [-0.25, -0.2) is 4.98 Å². The fourth-order valence-electron chi connectivity index (χ4n) is 1.93. The zero-order valence-corrected chi connectivity index (χ0v) is 10.8. The van der Waals surface area contributed by atoms with Gasteiger partial charge in [-0.3, -0.25) is 14.9 Å². The van der Waals surface area contributed by atoms with Crippen molar-refractivity contribution in [3.05, 3.63) is 44.8 Å². The average Bonchev–Trinajstić information content (AvgIpc) is 2.80. The summed E-state index contributed by atoms with van der Waals surface area (Å²) in [5.41, 5.74) is 1.08. The molecule has 19 heavy (non-hydrogen) atoms. The number of rotatable bonds is 2. The minimum atomic E-state index is -0.315. The van der Waals surface area contributed by atoms with Crippen LogP contribution < -0.4 is 16.2 Å². The summed E-state index contributed by atoms with van der Waals surface area (Å²) in [6.07, 6.45) is 2.33. The molecule has 1 aliphatic heterocycles. The summed E-state index contributed by atoms with van der Waals surface area (Å²) in [6, 6.07) is 2.83. The van der Waals surface area contributed by atoms with Crippen molar-refractivity contribution in [2.75, 3.05) is 11.9 Å². The van der Waals surface area contributed by atoms with Crippen molar-refractivity contribution in [1.29, 1.82) is 0 Å². The third-order valence-corrected chi connectivity index (χ3v) is 3.87. The third-order valence-electron chi connectivity index (χ3n) is 2.86. The Kier molecular flexibility index (Phi) is 3.14. The van der Waals surface area contributed by atoms with Gasteiger partial charge in [0.15, 0.2) is 5.13 Å². The number of H-pyrrole nitrogens is 1. The van der Waals surface area contributed by atoms with E-state index in [2.05, 4.69) is 20.6 Å². The second-order valence-electron chi connectivity index (χ2n) is 4.21. The summed E-state index contributed by atoms with van der Waals surface area (Å²) in [5.74, 6) is -0.315. The first-order valence-corrected chi connectivity index (χ1v) is 6.73. The fraction of sp³-hybridized carbons (Fsp3) is 0.250. The molecule has 0 unspecified atom stereocenters. The number of thiazole rings is 1. The second kappa shape index (κ2) is 4.94. The number of anilines is 1. The molecule has 0 radical (unpaired) electrons. The molecule has 3 heterocycles.